The minimum absolute atomic E-state index is 0.785. The van der Waals surface area contributed by atoms with E-state index in [1.54, 1.807) is 11.3 Å². The third kappa shape index (κ3) is 4.48. The molecule has 1 nitrogen and oxygen atoms in total. The van der Waals surface area contributed by atoms with Crippen LogP contribution in [0.4, 0.5) is 0 Å². The monoisotopic (exact) mass is 305 g/mol. The van der Waals surface area contributed by atoms with Crippen molar-refractivity contribution >= 4 is 29.0 Å². The van der Waals surface area contributed by atoms with E-state index in [9.17, 15) is 0 Å². The van der Waals surface area contributed by atoms with E-state index in [2.05, 4.69) is 43.4 Å². The normalized spacial score (nSPS) is 11.8. The highest BCUT2D eigenvalue weighted by Gasteiger charge is 2.02. The summed E-state index contributed by atoms with van der Waals surface area (Å²) in [5, 5.41) is 4.21. The molecule has 0 saturated carbocycles. The topological polar surface area (TPSA) is 12.0 Å². The number of nitrogens with one attached hydrogen (secondary N) is 1. The first-order chi connectivity index (χ1) is 9.69. The Kier molecular flexibility index (Phi) is 5.84. The molecule has 0 aliphatic rings. The fourth-order valence-electron chi connectivity index (χ4n) is 1.98. The summed E-state index contributed by atoms with van der Waals surface area (Å²) in [6, 6.07) is 12.3. The Morgan fingerprint density at radius 1 is 1.30 bits per heavy atom. The average molecular weight is 306 g/mol. The lowest BCUT2D eigenvalue weighted by Gasteiger charge is -2.02. The molecule has 1 heterocycles. The van der Waals surface area contributed by atoms with Crippen molar-refractivity contribution in [3.05, 3.63) is 51.9 Å². The Morgan fingerprint density at radius 3 is 2.90 bits per heavy atom. The van der Waals surface area contributed by atoms with Gasteiger partial charge in [-0.2, -0.15) is 0 Å². The lowest BCUT2D eigenvalue weighted by atomic mass is 10.2. The number of hydrogen-bond acceptors (Lipinski definition) is 2. The van der Waals surface area contributed by atoms with Crippen molar-refractivity contribution in [3.63, 3.8) is 0 Å². The first-order valence-electron chi connectivity index (χ1n) is 6.92. The molecule has 0 atom stereocenters. The molecule has 106 valence electrons. The van der Waals surface area contributed by atoms with Gasteiger partial charge < -0.3 is 5.32 Å². The zero-order valence-electron chi connectivity index (χ0n) is 11.9. The molecule has 0 aliphatic carbocycles. The van der Waals surface area contributed by atoms with Crippen molar-refractivity contribution < 1.29 is 0 Å². The smallest absolute Gasteiger partial charge is 0.0412 e. The molecule has 3 heteroatoms. The van der Waals surface area contributed by atoms with E-state index >= 15 is 0 Å². The van der Waals surface area contributed by atoms with Crippen LogP contribution in [0.3, 0.4) is 0 Å². The molecular formula is C17H20ClNS. The molecule has 0 spiro atoms. The van der Waals surface area contributed by atoms with Crippen molar-refractivity contribution in [2.75, 3.05) is 13.1 Å². The first kappa shape index (κ1) is 15.3. The lowest BCUT2D eigenvalue weighted by molar-refractivity contribution is 0.715. The van der Waals surface area contributed by atoms with Gasteiger partial charge >= 0.3 is 0 Å². The van der Waals surface area contributed by atoms with Crippen LogP contribution in [0.15, 0.2) is 42.0 Å². The van der Waals surface area contributed by atoms with Gasteiger partial charge in [-0.05, 0) is 55.8 Å². The predicted molar refractivity (Wildman–Crippen MR) is 91.6 cm³/mol. The lowest BCUT2D eigenvalue weighted by Crippen LogP contribution is -2.16. The number of hydrogen-bond donors (Lipinski definition) is 1. The van der Waals surface area contributed by atoms with Gasteiger partial charge in [0.05, 0.1) is 0 Å². The van der Waals surface area contributed by atoms with E-state index in [0.717, 1.165) is 18.1 Å². The molecule has 0 radical (unpaired) electrons. The first-order valence-corrected chi connectivity index (χ1v) is 8.12. The van der Waals surface area contributed by atoms with Gasteiger partial charge in [0.2, 0.25) is 0 Å². The van der Waals surface area contributed by atoms with Gasteiger partial charge in [-0.3, -0.25) is 0 Å². The standard InChI is InChI=1S/C17H20ClNS/c1-3-9-19-12-13(2)10-16-7-8-17(20-16)14-5-4-6-15(18)11-14/h4-8,10-11,19H,3,9,12H2,1-2H3. The van der Waals surface area contributed by atoms with E-state index in [4.69, 9.17) is 11.6 Å². The second kappa shape index (κ2) is 7.63. The summed E-state index contributed by atoms with van der Waals surface area (Å²) in [7, 11) is 0. The van der Waals surface area contributed by atoms with Crippen LogP contribution >= 0.6 is 22.9 Å². The van der Waals surface area contributed by atoms with E-state index in [1.807, 2.05) is 18.2 Å². The number of benzene rings is 1. The number of halogens is 1. The van der Waals surface area contributed by atoms with Crippen LogP contribution in [-0.4, -0.2) is 13.1 Å². The van der Waals surface area contributed by atoms with Crippen LogP contribution in [-0.2, 0) is 0 Å². The second-order valence-corrected chi connectivity index (χ2v) is 6.43. The van der Waals surface area contributed by atoms with Crippen LogP contribution in [0.1, 0.15) is 25.1 Å². The summed E-state index contributed by atoms with van der Waals surface area (Å²) in [6.45, 7) is 6.38. The quantitative estimate of drug-likeness (QED) is 0.698. The molecule has 1 aromatic heterocycles. The summed E-state index contributed by atoms with van der Waals surface area (Å²) >= 11 is 7.84. The largest absolute Gasteiger partial charge is 0.313 e. The van der Waals surface area contributed by atoms with E-state index in [0.29, 0.717) is 0 Å². The Labute approximate surface area is 130 Å². The molecule has 2 aromatic rings. The highest BCUT2D eigenvalue weighted by Crippen LogP contribution is 2.30. The summed E-state index contributed by atoms with van der Waals surface area (Å²) in [5.74, 6) is 0. The molecular weight excluding hydrogens is 286 g/mol. The maximum Gasteiger partial charge on any atom is 0.0412 e. The molecule has 20 heavy (non-hydrogen) atoms. The summed E-state index contributed by atoms with van der Waals surface area (Å²) in [6.07, 6.45) is 3.42. The van der Waals surface area contributed by atoms with Crippen molar-refractivity contribution in [1.82, 2.24) is 5.32 Å². The van der Waals surface area contributed by atoms with Crippen LogP contribution in [0.25, 0.3) is 16.5 Å². The Bertz CT molecular complexity index is 586. The van der Waals surface area contributed by atoms with Gasteiger partial charge in [-0.1, -0.05) is 36.2 Å². The molecule has 1 N–H and O–H groups in total. The van der Waals surface area contributed by atoms with Crippen molar-refractivity contribution in [2.24, 2.45) is 0 Å². The van der Waals surface area contributed by atoms with Gasteiger partial charge in [-0.15, -0.1) is 11.3 Å². The Balaban J connectivity index is 2.07. The van der Waals surface area contributed by atoms with Gasteiger partial charge in [-0.25, -0.2) is 0 Å². The van der Waals surface area contributed by atoms with Crippen molar-refractivity contribution in [3.8, 4) is 10.4 Å². The molecule has 0 amide bonds. The van der Waals surface area contributed by atoms with Crippen molar-refractivity contribution in [1.29, 1.82) is 0 Å². The SMILES string of the molecule is CCCNCC(C)=Cc1ccc(-c2cccc(Cl)c2)s1. The fraction of sp³-hybridized carbons (Fsp3) is 0.294. The van der Waals surface area contributed by atoms with Gasteiger partial charge in [0.15, 0.2) is 0 Å². The maximum absolute atomic E-state index is 6.04. The van der Waals surface area contributed by atoms with Crippen LogP contribution in [0.2, 0.25) is 5.02 Å². The van der Waals surface area contributed by atoms with Gasteiger partial charge in [0, 0.05) is 21.3 Å². The molecule has 0 unspecified atom stereocenters. The van der Waals surface area contributed by atoms with Gasteiger partial charge in [0.1, 0.15) is 0 Å². The van der Waals surface area contributed by atoms with E-state index in [1.165, 1.54) is 27.3 Å². The van der Waals surface area contributed by atoms with Crippen molar-refractivity contribution in [2.45, 2.75) is 20.3 Å². The molecule has 0 fully saturated rings. The minimum Gasteiger partial charge on any atom is -0.313 e. The third-order valence-corrected chi connectivity index (χ3v) is 4.27. The summed E-state index contributed by atoms with van der Waals surface area (Å²) < 4.78 is 0. The van der Waals surface area contributed by atoms with Crippen LogP contribution < -0.4 is 5.32 Å². The van der Waals surface area contributed by atoms with E-state index < -0.39 is 0 Å². The second-order valence-electron chi connectivity index (χ2n) is 4.88. The Hall–Kier alpha value is -1.09. The fourth-order valence-corrected chi connectivity index (χ4v) is 3.20. The Morgan fingerprint density at radius 2 is 2.15 bits per heavy atom. The predicted octanol–water partition coefficient (Wildman–Crippen LogP) is 5.47. The average Bonchev–Trinajstić information content (AvgIpc) is 2.87. The maximum atomic E-state index is 6.04. The molecule has 0 bridgehead atoms. The summed E-state index contributed by atoms with van der Waals surface area (Å²) in [5.41, 5.74) is 2.54. The summed E-state index contributed by atoms with van der Waals surface area (Å²) in [4.78, 5) is 2.55. The van der Waals surface area contributed by atoms with E-state index in [-0.39, 0.29) is 0 Å². The highest BCUT2D eigenvalue weighted by molar-refractivity contribution is 7.16. The molecule has 0 saturated heterocycles. The molecule has 1 aromatic carbocycles. The minimum atomic E-state index is 0.785. The van der Waals surface area contributed by atoms with Crippen LogP contribution in [0.5, 0.6) is 0 Å². The third-order valence-electron chi connectivity index (χ3n) is 2.96. The zero-order chi connectivity index (χ0) is 14.4. The zero-order valence-corrected chi connectivity index (χ0v) is 13.5. The number of rotatable bonds is 6. The highest BCUT2D eigenvalue weighted by atomic mass is 35.5. The van der Waals surface area contributed by atoms with Crippen LogP contribution in [0, 0.1) is 0 Å². The molecule has 2 rings (SSSR count). The molecule has 0 aliphatic heterocycles. The van der Waals surface area contributed by atoms with Gasteiger partial charge in [0.25, 0.3) is 0 Å². The number of thiophene rings is 1.